The second-order valence-electron chi connectivity index (χ2n) is 3.88. The van der Waals surface area contributed by atoms with Crippen molar-refractivity contribution in [3.8, 4) is 0 Å². The molecule has 9 heteroatoms. The molecule has 7 nitrogen and oxygen atoms in total. The summed E-state index contributed by atoms with van der Waals surface area (Å²) in [7, 11) is 1.60. The van der Waals surface area contributed by atoms with Crippen molar-refractivity contribution in [2.75, 3.05) is 41.5 Å². The number of thioether (sulfide) groups is 2. The van der Waals surface area contributed by atoms with Gasteiger partial charge in [-0.05, 0) is 0 Å². The third-order valence-electron chi connectivity index (χ3n) is 2.62. The molecule has 1 aliphatic heterocycles. The smallest absolute Gasteiger partial charge is 0.353 e. The molecule has 0 radical (unpaired) electrons. The Balaban J connectivity index is 2.08. The lowest BCUT2D eigenvalue weighted by Gasteiger charge is -2.21. The fourth-order valence-corrected chi connectivity index (χ4v) is 4.34. The third-order valence-corrected chi connectivity index (χ3v) is 5.47. The van der Waals surface area contributed by atoms with Crippen LogP contribution < -0.4 is 10.6 Å². The van der Waals surface area contributed by atoms with Crippen LogP contribution in [0.15, 0.2) is 6.33 Å². The molecule has 1 atom stereocenters. The van der Waals surface area contributed by atoms with Gasteiger partial charge in [0.1, 0.15) is 6.33 Å². The predicted molar refractivity (Wildman–Crippen MR) is 80.3 cm³/mol. The molecule has 1 aliphatic rings. The molecule has 0 aromatic carbocycles. The van der Waals surface area contributed by atoms with Gasteiger partial charge in [0, 0.05) is 36.1 Å². The van der Waals surface area contributed by atoms with Crippen molar-refractivity contribution in [1.82, 2.24) is 9.97 Å². The Kier molecular flexibility index (Phi) is 5.08. The normalized spacial score (nSPS) is 18.9. The molecule has 19 heavy (non-hydrogen) atoms. The van der Waals surface area contributed by atoms with Crippen molar-refractivity contribution >= 4 is 40.8 Å². The molecule has 2 heterocycles. The standard InChI is InChI=1S/C10H15N5O2S2/c1-11-9-8(15(16)17)10(14-6-13-9)12-4-7-5-18-2-3-19-7/h6-7H,2-5H2,1H3,(H2,11,12,13,14). The summed E-state index contributed by atoms with van der Waals surface area (Å²) in [4.78, 5) is 18.5. The highest BCUT2D eigenvalue weighted by molar-refractivity contribution is 8.06. The molecule has 1 unspecified atom stereocenters. The quantitative estimate of drug-likeness (QED) is 0.627. The largest absolute Gasteiger partial charge is 0.367 e. The van der Waals surface area contributed by atoms with Crippen LogP contribution in [0.2, 0.25) is 0 Å². The van der Waals surface area contributed by atoms with E-state index < -0.39 is 4.92 Å². The number of rotatable bonds is 5. The molecule has 1 aromatic rings. The fraction of sp³-hybridized carbons (Fsp3) is 0.600. The third kappa shape index (κ3) is 3.63. The van der Waals surface area contributed by atoms with Gasteiger partial charge in [-0.3, -0.25) is 10.1 Å². The summed E-state index contributed by atoms with van der Waals surface area (Å²) in [5, 5.41) is 17.3. The summed E-state index contributed by atoms with van der Waals surface area (Å²) >= 11 is 3.81. The zero-order chi connectivity index (χ0) is 13.7. The summed E-state index contributed by atoms with van der Waals surface area (Å²) < 4.78 is 0. The predicted octanol–water partition coefficient (Wildman–Crippen LogP) is 1.69. The van der Waals surface area contributed by atoms with Crippen molar-refractivity contribution in [2.24, 2.45) is 0 Å². The van der Waals surface area contributed by atoms with Crippen LogP contribution in [0.1, 0.15) is 0 Å². The van der Waals surface area contributed by atoms with E-state index in [1.165, 1.54) is 12.1 Å². The second kappa shape index (κ2) is 6.80. The summed E-state index contributed by atoms with van der Waals surface area (Å²) in [6, 6.07) is 0. The maximum atomic E-state index is 11.1. The molecule has 0 bridgehead atoms. The van der Waals surface area contributed by atoms with Gasteiger partial charge in [0.15, 0.2) is 0 Å². The SMILES string of the molecule is CNc1ncnc(NCC2CSCCS2)c1[N+](=O)[O-]. The van der Waals surface area contributed by atoms with Crippen molar-refractivity contribution in [3.63, 3.8) is 0 Å². The number of nitrogens with zero attached hydrogens (tertiary/aromatic N) is 3. The highest BCUT2D eigenvalue weighted by Crippen LogP contribution is 2.29. The number of hydrogen-bond donors (Lipinski definition) is 2. The Morgan fingerprint density at radius 2 is 2.26 bits per heavy atom. The van der Waals surface area contributed by atoms with Crippen LogP contribution in [0.3, 0.4) is 0 Å². The lowest BCUT2D eigenvalue weighted by molar-refractivity contribution is -0.383. The van der Waals surface area contributed by atoms with Crippen LogP contribution in [-0.2, 0) is 0 Å². The maximum absolute atomic E-state index is 11.1. The van der Waals surface area contributed by atoms with Crippen LogP contribution >= 0.6 is 23.5 Å². The molecule has 0 amide bonds. The van der Waals surface area contributed by atoms with Crippen molar-refractivity contribution in [3.05, 3.63) is 16.4 Å². The Labute approximate surface area is 119 Å². The lowest BCUT2D eigenvalue weighted by Crippen LogP contribution is -2.24. The average Bonchev–Trinajstić information content (AvgIpc) is 2.45. The fourth-order valence-electron chi connectivity index (χ4n) is 1.73. The van der Waals surface area contributed by atoms with Gasteiger partial charge in [-0.25, -0.2) is 9.97 Å². The van der Waals surface area contributed by atoms with E-state index in [0.717, 1.165) is 11.5 Å². The Bertz CT molecular complexity index is 454. The lowest BCUT2D eigenvalue weighted by atomic mass is 10.4. The van der Waals surface area contributed by atoms with E-state index in [-0.39, 0.29) is 17.3 Å². The molecule has 0 spiro atoms. The first-order chi connectivity index (χ1) is 9.22. The van der Waals surface area contributed by atoms with E-state index in [2.05, 4.69) is 20.6 Å². The summed E-state index contributed by atoms with van der Waals surface area (Å²) in [6.45, 7) is 0.679. The molecule has 1 saturated heterocycles. The Morgan fingerprint density at radius 3 is 2.89 bits per heavy atom. The number of nitro groups is 1. The number of anilines is 2. The van der Waals surface area contributed by atoms with E-state index in [1.807, 2.05) is 23.5 Å². The number of nitrogens with one attached hydrogen (secondary N) is 2. The highest BCUT2D eigenvalue weighted by Gasteiger charge is 2.23. The van der Waals surface area contributed by atoms with Crippen LogP contribution in [-0.4, -0.2) is 51.0 Å². The Hall–Kier alpha value is -1.22. The Morgan fingerprint density at radius 1 is 1.47 bits per heavy atom. The molecule has 0 aliphatic carbocycles. The molecule has 2 N–H and O–H groups in total. The van der Waals surface area contributed by atoms with Crippen LogP contribution in [0.25, 0.3) is 0 Å². The van der Waals surface area contributed by atoms with E-state index in [9.17, 15) is 10.1 Å². The number of aromatic nitrogens is 2. The minimum Gasteiger partial charge on any atom is -0.367 e. The number of hydrogen-bond acceptors (Lipinski definition) is 8. The summed E-state index contributed by atoms with van der Waals surface area (Å²) in [5.74, 6) is 3.88. The van der Waals surface area contributed by atoms with Gasteiger partial charge in [0.05, 0.1) is 4.92 Å². The zero-order valence-corrected chi connectivity index (χ0v) is 12.1. The van der Waals surface area contributed by atoms with Gasteiger partial charge in [0.25, 0.3) is 0 Å². The van der Waals surface area contributed by atoms with Crippen molar-refractivity contribution in [1.29, 1.82) is 0 Å². The molecule has 1 aromatic heterocycles. The highest BCUT2D eigenvalue weighted by atomic mass is 32.2. The van der Waals surface area contributed by atoms with Crippen molar-refractivity contribution in [2.45, 2.75) is 5.25 Å². The van der Waals surface area contributed by atoms with Gasteiger partial charge < -0.3 is 10.6 Å². The second-order valence-corrected chi connectivity index (χ2v) is 6.43. The first-order valence-corrected chi connectivity index (χ1v) is 8.03. The molecule has 1 fully saturated rings. The summed E-state index contributed by atoms with van der Waals surface area (Å²) in [6.07, 6.45) is 1.32. The molecule has 104 valence electrons. The van der Waals surface area contributed by atoms with Crippen molar-refractivity contribution < 1.29 is 4.92 Å². The van der Waals surface area contributed by atoms with Crippen LogP contribution in [0.5, 0.6) is 0 Å². The first kappa shape index (κ1) is 14.2. The van der Waals surface area contributed by atoms with Gasteiger partial charge in [0.2, 0.25) is 11.6 Å². The van der Waals surface area contributed by atoms with E-state index in [4.69, 9.17) is 0 Å². The van der Waals surface area contributed by atoms with Gasteiger partial charge >= 0.3 is 5.69 Å². The first-order valence-electron chi connectivity index (χ1n) is 5.82. The van der Waals surface area contributed by atoms with E-state index >= 15 is 0 Å². The topological polar surface area (TPSA) is 93.0 Å². The van der Waals surface area contributed by atoms with E-state index in [1.54, 1.807) is 7.05 Å². The molecule has 0 saturated carbocycles. The average molecular weight is 301 g/mol. The van der Waals surface area contributed by atoms with Gasteiger partial charge in [-0.1, -0.05) is 0 Å². The zero-order valence-electron chi connectivity index (χ0n) is 10.5. The monoisotopic (exact) mass is 301 g/mol. The minimum absolute atomic E-state index is 0.0986. The van der Waals surface area contributed by atoms with Gasteiger partial charge in [-0.2, -0.15) is 23.5 Å². The molecule has 2 rings (SSSR count). The van der Waals surface area contributed by atoms with Crippen LogP contribution in [0, 0.1) is 10.1 Å². The molecular formula is C10H15N5O2S2. The van der Waals surface area contributed by atoms with Gasteiger partial charge in [-0.15, -0.1) is 0 Å². The maximum Gasteiger partial charge on any atom is 0.353 e. The van der Waals surface area contributed by atoms with Crippen LogP contribution in [0.4, 0.5) is 17.3 Å². The summed E-state index contributed by atoms with van der Waals surface area (Å²) in [5.41, 5.74) is -0.0986. The minimum atomic E-state index is -0.461. The van der Waals surface area contributed by atoms with E-state index in [0.29, 0.717) is 11.8 Å². The molecular weight excluding hydrogens is 286 g/mol.